The van der Waals surface area contributed by atoms with Gasteiger partial charge in [-0.2, -0.15) is 5.10 Å². The van der Waals surface area contributed by atoms with Crippen molar-refractivity contribution in [2.75, 3.05) is 37.0 Å². The summed E-state index contributed by atoms with van der Waals surface area (Å²) in [4.78, 5) is 20.8. The Morgan fingerprint density at radius 2 is 1.84 bits per heavy atom. The van der Waals surface area contributed by atoms with Crippen LogP contribution < -0.4 is 20.5 Å². The fourth-order valence-electron chi connectivity index (χ4n) is 5.57. The monoisotopic (exact) mass is 701 g/mol. The van der Waals surface area contributed by atoms with Gasteiger partial charge < -0.3 is 25.5 Å². The largest absolute Gasteiger partial charge is 0.485 e. The molecule has 4 N–H and O–H groups in total. The number of aryl methyl sites for hydroxylation is 1. The van der Waals surface area contributed by atoms with E-state index in [0.717, 1.165) is 18.4 Å². The van der Waals surface area contributed by atoms with E-state index in [1.807, 2.05) is 0 Å². The van der Waals surface area contributed by atoms with Crippen molar-refractivity contribution in [1.82, 2.24) is 24.1 Å². The van der Waals surface area contributed by atoms with Crippen LogP contribution in [0.5, 0.6) is 17.4 Å². The number of nitrogens with two attached hydrogens (primary N) is 1. The lowest BCUT2D eigenvalue weighted by Crippen LogP contribution is -2.41. The number of H-pyrrole nitrogens is 1. The highest BCUT2D eigenvalue weighted by Crippen LogP contribution is 2.34. The highest BCUT2D eigenvalue weighted by Gasteiger charge is 2.26. The molecule has 0 amide bonds. The highest BCUT2D eigenvalue weighted by atomic mass is 32.2. The van der Waals surface area contributed by atoms with Crippen LogP contribution >= 0.6 is 0 Å². The second-order valence-electron chi connectivity index (χ2n) is 11.5. The number of benzene rings is 2. The number of piperidine rings is 1. The highest BCUT2D eigenvalue weighted by molar-refractivity contribution is 7.88. The fourth-order valence-corrected chi connectivity index (χ4v) is 6.45. The Morgan fingerprint density at radius 1 is 1.12 bits per heavy atom. The van der Waals surface area contributed by atoms with Crippen LogP contribution in [-0.2, 0) is 10.0 Å². The van der Waals surface area contributed by atoms with E-state index in [1.165, 1.54) is 39.6 Å². The lowest BCUT2D eigenvalue weighted by Gasteiger charge is -2.31. The molecular weight excluding hydrogens is 670 g/mol. The third-order valence-corrected chi connectivity index (χ3v) is 9.38. The first-order valence-corrected chi connectivity index (χ1v) is 16.9. The predicted molar refractivity (Wildman–Crippen MR) is 173 cm³/mol. The van der Waals surface area contributed by atoms with Gasteiger partial charge in [-0.1, -0.05) is 6.07 Å². The number of nitrogen functional groups attached to an aromatic ring is 1. The molecule has 0 unspecified atom stereocenters. The van der Waals surface area contributed by atoms with Crippen molar-refractivity contribution in [2.24, 2.45) is 0 Å². The first kappa shape index (κ1) is 33.7. The lowest BCUT2D eigenvalue weighted by molar-refractivity contribution is 0.0823. The molecule has 0 spiro atoms. The first-order valence-electron chi connectivity index (χ1n) is 15.0. The summed E-state index contributed by atoms with van der Waals surface area (Å²) in [5.41, 5.74) is 8.39. The minimum Gasteiger partial charge on any atom is -0.485 e. The molecule has 0 atom stereocenters. The molecule has 5 aromatic rings. The number of anilines is 2. The van der Waals surface area contributed by atoms with E-state index in [2.05, 4.69) is 20.4 Å². The number of nitrogens with one attached hydrogen (secondary N) is 2. The molecule has 49 heavy (non-hydrogen) atoms. The number of sulfonamides is 1. The summed E-state index contributed by atoms with van der Waals surface area (Å²) in [6.45, 7) is 1.45. The molecule has 0 radical (unpaired) electrons. The zero-order chi connectivity index (χ0) is 35.0. The van der Waals surface area contributed by atoms with Crippen molar-refractivity contribution in [3.05, 3.63) is 83.3 Å². The molecule has 3 aromatic heterocycles. The zero-order valence-corrected chi connectivity index (χ0v) is 27.0. The van der Waals surface area contributed by atoms with Crippen LogP contribution in [-0.4, -0.2) is 76.7 Å². The van der Waals surface area contributed by atoms with Crippen molar-refractivity contribution in [2.45, 2.75) is 32.2 Å². The molecule has 0 aliphatic carbocycles. The number of pyridine rings is 1. The topological polar surface area (TPSA) is 157 Å². The predicted octanol–water partition coefficient (Wildman–Crippen LogP) is 5.42. The van der Waals surface area contributed by atoms with Gasteiger partial charge in [0.05, 0.1) is 41.3 Å². The van der Waals surface area contributed by atoms with Gasteiger partial charge in [-0.05, 0) is 55.7 Å². The summed E-state index contributed by atoms with van der Waals surface area (Å²) in [6, 6.07) is 9.34. The Hall–Kier alpha value is -5.16. The maximum atomic E-state index is 14.1. The van der Waals surface area contributed by atoms with E-state index in [9.17, 15) is 30.8 Å². The number of nitrogens with zero attached hydrogens (tertiary/aromatic N) is 4. The average molecular weight is 702 g/mol. The van der Waals surface area contributed by atoms with Gasteiger partial charge in [0, 0.05) is 36.1 Å². The molecule has 12 nitrogen and oxygen atoms in total. The van der Waals surface area contributed by atoms with Gasteiger partial charge in [0.1, 0.15) is 18.2 Å². The Kier molecular flexibility index (Phi) is 9.22. The number of ketones is 1. The Labute approximate surface area is 277 Å². The first-order chi connectivity index (χ1) is 23.3. The van der Waals surface area contributed by atoms with Crippen LogP contribution in [0.1, 0.15) is 34.5 Å². The summed E-state index contributed by atoms with van der Waals surface area (Å²) in [5, 5.41) is 8.05. The number of para-hydroxylation sites is 1. The van der Waals surface area contributed by atoms with Crippen molar-refractivity contribution >= 4 is 38.2 Å². The molecule has 1 saturated heterocycles. The van der Waals surface area contributed by atoms with Gasteiger partial charge in [0.2, 0.25) is 27.4 Å². The third-order valence-electron chi connectivity index (χ3n) is 8.08. The van der Waals surface area contributed by atoms with Gasteiger partial charge in [-0.3, -0.25) is 4.79 Å². The SMILES string of the molecule is Cc1cc(Oc2c(F)cccc2F)ncc1-n1ncc(C(=O)c2cc3cc(OCC(F)F)c(NC4CCN(S(C)(=O)=O)CC4)cc3[nH]2)c1N. The molecule has 0 bridgehead atoms. The summed E-state index contributed by atoms with van der Waals surface area (Å²) >= 11 is 0. The Balaban J connectivity index is 1.24. The number of carbonyl (C=O) groups is 1. The molecule has 4 heterocycles. The van der Waals surface area contributed by atoms with Gasteiger partial charge in [0.15, 0.2) is 11.6 Å². The summed E-state index contributed by atoms with van der Waals surface area (Å²) < 4.78 is 91.5. The maximum Gasteiger partial charge on any atom is 0.272 e. The van der Waals surface area contributed by atoms with Crippen LogP contribution in [0.25, 0.3) is 16.6 Å². The Morgan fingerprint density at radius 3 is 2.49 bits per heavy atom. The number of carbonyl (C=O) groups excluding carboxylic acids is 1. The van der Waals surface area contributed by atoms with Crippen LogP contribution in [0.2, 0.25) is 0 Å². The van der Waals surface area contributed by atoms with E-state index < -0.39 is 46.2 Å². The standard InChI is InChI=1S/C32H31F4N7O5S/c1-17-10-29(48-31-21(33)4-3-5-22(31)34)38-15-26(17)43-32(37)20(14-39-43)30(44)25-11-18-12-27(47-16-28(35)36)24(13-23(18)41-25)40-19-6-8-42(9-7-19)49(2,45)46/h3-5,10-15,19,28,40-41H,6-9,16,37H2,1-2H3. The smallest absolute Gasteiger partial charge is 0.272 e. The molecule has 258 valence electrons. The zero-order valence-electron chi connectivity index (χ0n) is 26.2. The number of ether oxygens (including phenoxy) is 2. The molecular formula is C32H31F4N7O5S. The van der Waals surface area contributed by atoms with Gasteiger partial charge in [0.25, 0.3) is 6.43 Å². The van der Waals surface area contributed by atoms with Crippen LogP contribution in [0.3, 0.4) is 0 Å². The number of aromatic amines is 1. The van der Waals surface area contributed by atoms with Crippen LogP contribution in [0.15, 0.2) is 54.9 Å². The maximum absolute atomic E-state index is 14.1. The molecule has 0 saturated carbocycles. The number of hydrogen-bond donors (Lipinski definition) is 3. The number of rotatable bonds is 11. The second kappa shape index (κ2) is 13.4. The van der Waals surface area contributed by atoms with Crippen molar-refractivity contribution in [1.29, 1.82) is 0 Å². The third kappa shape index (κ3) is 7.17. The van der Waals surface area contributed by atoms with E-state index in [4.69, 9.17) is 15.2 Å². The van der Waals surface area contributed by atoms with E-state index in [1.54, 1.807) is 19.1 Å². The molecule has 1 fully saturated rings. The minimum atomic E-state index is -3.33. The molecule has 2 aromatic carbocycles. The van der Waals surface area contributed by atoms with E-state index in [0.29, 0.717) is 53.8 Å². The average Bonchev–Trinajstić information content (AvgIpc) is 3.64. The van der Waals surface area contributed by atoms with E-state index >= 15 is 0 Å². The lowest BCUT2D eigenvalue weighted by atomic mass is 10.1. The summed E-state index contributed by atoms with van der Waals surface area (Å²) in [5.74, 6) is -2.82. The van der Waals surface area contributed by atoms with Crippen LogP contribution in [0.4, 0.5) is 29.1 Å². The van der Waals surface area contributed by atoms with Gasteiger partial charge in [-0.15, -0.1) is 0 Å². The number of fused-ring (bicyclic) bond motifs is 1. The summed E-state index contributed by atoms with van der Waals surface area (Å²) in [7, 11) is -3.33. The molecule has 1 aliphatic heterocycles. The number of alkyl halides is 2. The Bertz CT molecular complexity index is 2130. The van der Waals surface area contributed by atoms with Crippen LogP contribution in [0, 0.1) is 18.6 Å². The van der Waals surface area contributed by atoms with Gasteiger partial charge >= 0.3 is 0 Å². The number of aromatic nitrogens is 4. The second-order valence-corrected chi connectivity index (χ2v) is 13.5. The number of hydrogen-bond acceptors (Lipinski definition) is 9. The van der Waals surface area contributed by atoms with Gasteiger partial charge in [-0.25, -0.2) is 40.0 Å². The molecule has 17 heteroatoms. The fraction of sp³-hybridized carbons (Fsp3) is 0.281. The molecule has 6 rings (SSSR count). The van der Waals surface area contributed by atoms with Crippen molar-refractivity contribution < 1.29 is 40.2 Å². The van der Waals surface area contributed by atoms with Crippen molar-refractivity contribution in [3.63, 3.8) is 0 Å². The minimum absolute atomic E-state index is 0.00822. The summed E-state index contributed by atoms with van der Waals surface area (Å²) in [6.07, 6.45) is 2.04. The van der Waals surface area contributed by atoms with Crippen molar-refractivity contribution in [3.8, 4) is 23.1 Å². The molecule has 1 aliphatic rings. The number of halogens is 4. The quantitative estimate of drug-likeness (QED) is 0.121. The van der Waals surface area contributed by atoms with E-state index in [-0.39, 0.29) is 34.7 Å². The normalized spacial score (nSPS) is 14.4.